The van der Waals surface area contributed by atoms with E-state index in [0.29, 0.717) is 5.69 Å². The Morgan fingerprint density at radius 1 is 1.21 bits per heavy atom. The lowest BCUT2D eigenvalue weighted by atomic mass is 10.1. The molecule has 3 rings (SSSR count). The van der Waals surface area contributed by atoms with Crippen molar-refractivity contribution >= 4 is 17.3 Å². The molecule has 0 saturated heterocycles. The number of carboxylic acid groups (broad SMARTS) is 1. The third-order valence-electron chi connectivity index (χ3n) is 2.57. The average Bonchev–Trinajstić information content (AvgIpc) is 3.10. The lowest BCUT2D eigenvalue weighted by Gasteiger charge is -1.97. The van der Waals surface area contributed by atoms with Gasteiger partial charge in [0.05, 0.1) is 17.5 Å². The van der Waals surface area contributed by atoms with E-state index in [2.05, 4.69) is 20.4 Å². The van der Waals surface area contributed by atoms with Crippen molar-refractivity contribution in [3.05, 3.63) is 41.4 Å². The van der Waals surface area contributed by atoms with E-state index in [9.17, 15) is 4.79 Å². The van der Waals surface area contributed by atoms with Crippen LogP contribution < -0.4 is 0 Å². The summed E-state index contributed by atoms with van der Waals surface area (Å²) in [5, 5.41) is 21.8. The molecule has 0 aliphatic carbocycles. The molecule has 94 valence electrons. The molecule has 3 aromatic rings. The van der Waals surface area contributed by atoms with Gasteiger partial charge in [0, 0.05) is 10.9 Å². The van der Waals surface area contributed by atoms with Crippen molar-refractivity contribution in [2.75, 3.05) is 0 Å². The number of benzene rings is 1. The van der Waals surface area contributed by atoms with Crippen LogP contribution in [0.1, 0.15) is 10.4 Å². The fraction of sp³-hybridized carbons (Fsp3) is 0. The smallest absolute Gasteiger partial charge is 0.335 e. The van der Waals surface area contributed by atoms with Gasteiger partial charge in [-0.2, -0.15) is 15.4 Å². The van der Waals surface area contributed by atoms with Gasteiger partial charge in [-0.15, -0.1) is 11.3 Å². The summed E-state index contributed by atoms with van der Waals surface area (Å²) >= 11 is 1.46. The number of H-pyrrole nitrogens is 1. The molecule has 0 atom stereocenters. The Hall–Kier alpha value is -2.54. The Kier molecular flexibility index (Phi) is 2.81. The highest BCUT2D eigenvalue weighted by atomic mass is 32.1. The maximum absolute atomic E-state index is 10.8. The van der Waals surface area contributed by atoms with Gasteiger partial charge in [-0.3, -0.25) is 0 Å². The predicted octanol–water partition coefficient (Wildman–Crippen LogP) is 2.29. The van der Waals surface area contributed by atoms with Crippen molar-refractivity contribution < 1.29 is 9.90 Å². The minimum absolute atomic E-state index is 0.260. The van der Waals surface area contributed by atoms with Crippen LogP contribution >= 0.6 is 11.3 Å². The van der Waals surface area contributed by atoms with Crippen LogP contribution in [-0.4, -0.2) is 31.5 Å². The number of carboxylic acids is 1. The van der Waals surface area contributed by atoms with E-state index in [1.165, 1.54) is 11.3 Å². The van der Waals surface area contributed by atoms with Crippen molar-refractivity contribution in [2.24, 2.45) is 0 Å². The molecule has 7 heteroatoms. The number of nitrogens with one attached hydrogen (secondary N) is 1. The van der Waals surface area contributed by atoms with E-state index in [1.807, 2.05) is 5.38 Å². The van der Waals surface area contributed by atoms with Crippen molar-refractivity contribution in [1.29, 1.82) is 0 Å². The molecule has 0 bridgehead atoms. The number of carbonyl (C=O) groups is 1. The highest BCUT2D eigenvalue weighted by molar-refractivity contribution is 7.13. The van der Waals surface area contributed by atoms with Crippen molar-refractivity contribution in [1.82, 2.24) is 20.4 Å². The second-order valence-electron chi connectivity index (χ2n) is 3.78. The molecule has 2 N–H and O–H groups in total. The van der Waals surface area contributed by atoms with Gasteiger partial charge in [0.1, 0.15) is 10.7 Å². The standard InChI is InChI=1S/C12H8N4O2S/c17-12(18)8-3-1-7(2-4-8)10-6-19-11(14-10)9-5-13-16-15-9/h1-6H,(H,17,18)(H,13,15,16). The second-order valence-corrected chi connectivity index (χ2v) is 4.63. The molecule has 0 aliphatic rings. The van der Waals surface area contributed by atoms with Crippen molar-refractivity contribution in [2.45, 2.75) is 0 Å². The van der Waals surface area contributed by atoms with Crippen LogP contribution in [0.15, 0.2) is 35.8 Å². The van der Waals surface area contributed by atoms with E-state index in [1.54, 1.807) is 30.5 Å². The average molecular weight is 272 g/mol. The Morgan fingerprint density at radius 2 is 2.00 bits per heavy atom. The normalized spacial score (nSPS) is 10.5. The van der Waals surface area contributed by atoms with Gasteiger partial charge in [-0.05, 0) is 12.1 Å². The zero-order valence-electron chi connectivity index (χ0n) is 9.57. The second kappa shape index (κ2) is 4.62. The number of hydrogen-bond acceptors (Lipinski definition) is 5. The molecule has 0 aliphatic heterocycles. The summed E-state index contributed by atoms with van der Waals surface area (Å²) in [6.45, 7) is 0. The minimum atomic E-state index is -0.937. The van der Waals surface area contributed by atoms with E-state index >= 15 is 0 Å². The fourth-order valence-corrected chi connectivity index (χ4v) is 2.39. The molecule has 0 fully saturated rings. The maximum atomic E-state index is 10.8. The van der Waals surface area contributed by atoms with E-state index in [0.717, 1.165) is 16.3 Å². The lowest BCUT2D eigenvalue weighted by Crippen LogP contribution is -1.94. The number of rotatable bonds is 3. The van der Waals surface area contributed by atoms with Gasteiger partial charge in [0.15, 0.2) is 0 Å². The summed E-state index contributed by atoms with van der Waals surface area (Å²) in [5.41, 5.74) is 2.62. The van der Waals surface area contributed by atoms with Crippen LogP contribution in [0, 0.1) is 0 Å². The van der Waals surface area contributed by atoms with Crippen molar-refractivity contribution in [3.63, 3.8) is 0 Å². The van der Waals surface area contributed by atoms with Crippen molar-refractivity contribution in [3.8, 4) is 22.0 Å². The molecule has 0 saturated carbocycles. The summed E-state index contributed by atoms with van der Waals surface area (Å²) < 4.78 is 0. The molecular weight excluding hydrogens is 264 g/mol. The van der Waals surface area contributed by atoms with Gasteiger partial charge in [0.25, 0.3) is 0 Å². The first-order valence-corrected chi connectivity index (χ1v) is 6.27. The van der Waals surface area contributed by atoms with Crippen LogP contribution in [0.25, 0.3) is 22.0 Å². The first kappa shape index (κ1) is 11.5. The molecule has 0 spiro atoms. The number of hydrogen-bond donors (Lipinski definition) is 2. The highest BCUT2D eigenvalue weighted by Gasteiger charge is 2.09. The van der Waals surface area contributed by atoms with E-state index < -0.39 is 5.97 Å². The molecular formula is C12H8N4O2S. The monoisotopic (exact) mass is 272 g/mol. The third-order valence-corrected chi connectivity index (χ3v) is 3.43. The van der Waals surface area contributed by atoms with Gasteiger partial charge < -0.3 is 5.11 Å². The zero-order valence-corrected chi connectivity index (χ0v) is 10.4. The molecule has 2 heterocycles. The molecule has 6 nitrogen and oxygen atoms in total. The van der Waals surface area contributed by atoms with Gasteiger partial charge in [-0.25, -0.2) is 9.78 Å². The Bertz CT molecular complexity index is 704. The van der Waals surface area contributed by atoms with Crippen LogP contribution in [0.2, 0.25) is 0 Å². The van der Waals surface area contributed by atoms with Crippen LogP contribution in [0.3, 0.4) is 0 Å². The summed E-state index contributed by atoms with van der Waals surface area (Å²) in [7, 11) is 0. The number of aromatic amines is 1. The quantitative estimate of drug-likeness (QED) is 0.763. The first-order chi connectivity index (χ1) is 9.24. The minimum Gasteiger partial charge on any atom is -0.478 e. The molecule has 0 radical (unpaired) electrons. The lowest BCUT2D eigenvalue weighted by molar-refractivity contribution is 0.0697. The molecule has 2 aromatic heterocycles. The van der Waals surface area contributed by atoms with Gasteiger partial charge in [0.2, 0.25) is 0 Å². The molecule has 19 heavy (non-hydrogen) atoms. The topological polar surface area (TPSA) is 91.8 Å². The third kappa shape index (κ3) is 2.23. The number of aromatic carboxylic acids is 1. The fourth-order valence-electron chi connectivity index (χ4n) is 1.61. The van der Waals surface area contributed by atoms with Crippen LogP contribution in [0.4, 0.5) is 0 Å². The van der Waals surface area contributed by atoms with Crippen LogP contribution in [0.5, 0.6) is 0 Å². The largest absolute Gasteiger partial charge is 0.478 e. The molecule has 1 aromatic carbocycles. The van der Waals surface area contributed by atoms with E-state index in [4.69, 9.17) is 5.11 Å². The van der Waals surface area contributed by atoms with Gasteiger partial charge in [-0.1, -0.05) is 12.1 Å². The SMILES string of the molecule is O=C(O)c1ccc(-c2csc(-c3cn[nH]n3)n2)cc1. The Labute approximate surface area is 111 Å². The first-order valence-electron chi connectivity index (χ1n) is 5.39. The molecule has 0 unspecified atom stereocenters. The summed E-state index contributed by atoms with van der Waals surface area (Å²) in [4.78, 5) is 15.2. The Balaban J connectivity index is 1.92. The number of nitrogens with zero attached hydrogens (tertiary/aromatic N) is 3. The van der Waals surface area contributed by atoms with Crippen LogP contribution in [-0.2, 0) is 0 Å². The van der Waals surface area contributed by atoms with E-state index in [-0.39, 0.29) is 5.56 Å². The summed E-state index contributed by atoms with van der Waals surface area (Å²) in [6, 6.07) is 6.61. The highest BCUT2D eigenvalue weighted by Crippen LogP contribution is 2.27. The summed E-state index contributed by atoms with van der Waals surface area (Å²) in [5.74, 6) is -0.937. The number of thiazole rings is 1. The molecule has 0 amide bonds. The number of aromatic nitrogens is 4. The summed E-state index contributed by atoms with van der Waals surface area (Å²) in [6.07, 6.45) is 1.61. The Morgan fingerprint density at radius 3 is 2.63 bits per heavy atom. The predicted molar refractivity (Wildman–Crippen MR) is 69.9 cm³/mol. The van der Waals surface area contributed by atoms with Gasteiger partial charge >= 0.3 is 5.97 Å². The zero-order chi connectivity index (χ0) is 13.2. The maximum Gasteiger partial charge on any atom is 0.335 e.